The smallest absolute Gasteiger partial charge is 0.168 e. The summed E-state index contributed by atoms with van der Waals surface area (Å²) >= 11 is 1.80. The monoisotopic (exact) mass is 234 g/mol. The molecular weight excluding hydrogens is 224 g/mol. The maximum atomic E-state index is 4.36. The molecule has 2 aliphatic heterocycles. The van der Waals surface area contributed by atoms with Gasteiger partial charge in [-0.3, -0.25) is 4.99 Å². The molecule has 2 heterocycles. The van der Waals surface area contributed by atoms with Gasteiger partial charge in [0, 0.05) is 17.1 Å². The molecule has 0 spiro atoms. The summed E-state index contributed by atoms with van der Waals surface area (Å²) in [5.41, 5.74) is 1.39. The molecule has 0 aromatic heterocycles. The molecule has 2 nitrogen and oxygen atoms in total. The molecule has 0 amide bonds. The number of thioether (sulfide) groups is 1. The van der Waals surface area contributed by atoms with Crippen molar-refractivity contribution < 1.29 is 0 Å². The largest absolute Gasteiger partial charge is 0.322 e. The quantitative estimate of drug-likeness (QED) is 0.639. The average Bonchev–Trinajstić information content (AvgIpc) is 2.41. The second-order valence-corrected chi connectivity index (χ2v) is 3.74. The van der Waals surface area contributed by atoms with Crippen LogP contribution >= 0.6 is 28.7 Å². The zero-order chi connectivity index (χ0) is 7.14. The Morgan fingerprint density at radius 1 is 1.45 bits per heavy atom. The molecule has 2 rings (SSSR count). The van der Waals surface area contributed by atoms with Gasteiger partial charge < -0.3 is 4.90 Å². The third kappa shape index (κ3) is 1.34. The number of halogens is 1. The minimum Gasteiger partial charge on any atom is -0.322 e. The molecule has 0 aromatic rings. The molecule has 0 fully saturated rings. The van der Waals surface area contributed by atoms with Crippen LogP contribution in [0.5, 0.6) is 0 Å². The number of fused-ring (bicyclic) bond motifs is 1. The Bertz CT molecular complexity index is 235. The lowest BCUT2D eigenvalue weighted by Crippen LogP contribution is -2.18. The van der Waals surface area contributed by atoms with Gasteiger partial charge in [-0.2, -0.15) is 0 Å². The highest BCUT2D eigenvalue weighted by Crippen LogP contribution is 2.35. The lowest BCUT2D eigenvalue weighted by Gasteiger charge is -2.11. The van der Waals surface area contributed by atoms with E-state index in [4.69, 9.17) is 0 Å². The number of aliphatic imine (C=N–C) groups is 1. The topological polar surface area (TPSA) is 15.6 Å². The predicted octanol–water partition coefficient (Wildman–Crippen LogP) is 2.23. The van der Waals surface area contributed by atoms with E-state index in [0.29, 0.717) is 0 Å². The van der Waals surface area contributed by atoms with Crippen molar-refractivity contribution in [3.8, 4) is 0 Å². The second kappa shape index (κ2) is 3.19. The van der Waals surface area contributed by atoms with Gasteiger partial charge in [-0.05, 0) is 13.8 Å². The fourth-order valence-corrected chi connectivity index (χ4v) is 2.25. The van der Waals surface area contributed by atoms with Crippen LogP contribution in [0.2, 0.25) is 0 Å². The molecule has 0 atom stereocenters. The van der Waals surface area contributed by atoms with E-state index < -0.39 is 0 Å². The third-order valence-corrected chi connectivity index (χ3v) is 3.09. The van der Waals surface area contributed by atoms with Gasteiger partial charge in [-0.15, -0.1) is 17.0 Å². The van der Waals surface area contributed by atoms with Gasteiger partial charge >= 0.3 is 0 Å². The van der Waals surface area contributed by atoms with Gasteiger partial charge in [-0.1, -0.05) is 11.8 Å². The maximum absolute atomic E-state index is 4.36. The Labute approximate surface area is 81.5 Å². The van der Waals surface area contributed by atoms with E-state index in [-0.39, 0.29) is 17.0 Å². The summed E-state index contributed by atoms with van der Waals surface area (Å²) < 4.78 is 0. The summed E-state index contributed by atoms with van der Waals surface area (Å²) in [6.45, 7) is 6.38. The first-order valence-electron chi connectivity index (χ1n) is 3.46. The van der Waals surface area contributed by atoms with Gasteiger partial charge in [0.15, 0.2) is 5.17 Å². The first-order valence-corrected chi connectivity index (χ1v) is 4.28. The van der Waals surface area contributed by atoms with Gasteiger partial charge in [-0.25, -0.2) is 0 Å². The molecule has 0 saturated heterocycles. The van der Waals surface area contributed by atoms with E-state index in [1.165, 1.54) is 15.8 Å². The normalized spacial score (nSPS) is 21.6. The zero-order valence-corrected chi connectivity index (χ0v) is 9.15. The molecule has 4 heteroatoms. The molecule has 0 saturated carbocycles. The average molecular weight is 235 g/mol. The fraction of sp³-hybridized carbons (Fsp3) is 0.571. The van der Waals surface area contributed by atoms with Crippen LogP contribution < -0.4 is 0 Å². The fourth-order valence-electron chi connectivity index (χ4n) is 1.23. The Hall–Kier alpha value is 0.0400. The highest BCUT2D eigenvalue weighted by molar-refractivity contribution is 8.93. The molecule has 62 valence electrons. The van der Waals surface area contributed by atoms with E-state index in [9.17, 15) is 0 Å². The SMILES string of the molecule is Br.CC1=C(C)N2CCN=C2S1. The van der Waals surface area contributed by atoms with E-state index in [0.717, 1.165) is 13.1 Å². The van der Waals surface area contributed by atoms with Crippen molar-refractivity contribution in [2.75, 3.05) is 13.1 Å². The number of allylic oxidation sites excluding steroid dienone is 2. The van der Waals surface area contributed by atoms with Crippen LogP contribution in [0.3, 0.4) is 0 Å². The summed E-state index contributed by atoms with van der Waals surface area (Å²) in [4.78, 5) is 8.06. The van der Waals surface area contributed by atoms with Crippen molar-refractivity contribution in [1.82, 2.24) is 4.90 Å². The summed E-state index contributed by atoms with van der Waals surface area (Å²) in [7, 11) is 0. The van der Waals surface area contributed by atoms with Crippen molar-refractivity contribution >= 4 is 33.9 Å². The van der Waals surface area contributed by atoms with Gasteiger partial charge in [0.2, 0.25) is 0 Å². The van der Waals surface area contributed by atoms with Crippen LogP contribution in [0.4, 0.5) is 0 Å². The van der Waals surface area contributed by atoms with E-state index in [2.05, 4.69) is 23.7 Å². The molecule has 0 aliphatic carbocycles. The standard InChI is InChI=1S/C7H10N2S.BrH/c1-5-6(2)10-7-8-3-4-9(5)7;/h3-4H2,1-2H3;1H. The van der Waals surface area contributed by atoms with Crippen LogP contribution in [-0.4, -0.2) is 23.2 Å². The summed E-state index contributed by atoms with van der Waals surface area (Å²) in [5.74, 6) is 0. The van der Waals surface area contributed by atoms with Crippen molar-refractivity contribution in [1.29, 1.82) is 0 Å². The Morgan fingerprint density at radius 2 is 2.18 bits per heavy atom. The minimum absolute atomic E-state index is 0. The Balaban J connectivity index is 0.000000605. The first-order chi connectivity index (χ1) is 4.79. The van der Waals surface area contributed by atoms with Crippen LogP contribution in [0.15, 0.2) is 15.6 Å². The van der Waals surface area contributed by atoms with E-state index in [1.54, 1.807) is 11.8 Å². The molecule has 0 N–H and O–H groups in total. The summed E-state index contributed by atoms with van der Waals surface area (Å²) in [6, 6.07) is 0. The van der Waals surface area contributed by atoms with E-state index >= 15 is 0 Å². The second-order valence-electron chi connectivity index (χ2n) is 2.56. The molecule has 0 bridgehead atoms. The molecule has 0 unspecified atom stereocenters. The van der Waals surface area contributed by atoms with Crippen LogP contribution in [0.25, 0.3) is 0 Å². The third-order valence-electron chi connectivity index (χ3n) is 1.96. The molecular formula is C7H11BrN2S. The summed E-state index contributed by atoms with van der Waals surface area (Å²) in [6.07, 6.45) is 0. The first kappa shape index (κ1) is 9.13. The number of nitrogens with zero attached hydrogens (tertiary/aromatic N) is 2. The summed E-state index contributed by atoms with van der Waals surface area (Å²) in [5, 5.41) is 1.20. The Morgan fingerprint density at radius 3 is 2.82 bits per heavy atom. The van der Waals surface area contributed by atoms with Gasteiger partial charge in [0.1, 0.15) is 0 Å². The highest BCUT2D eigenvalue weighted by Gasteiger charge is 2.26. The lowest BCUT2D eigenvalue weighted by molar-refractivity contribution is 0.572. The number of hydrogen-bond donors (Lipinski definition) is 0. The van der Waals surface area contributed by atoms with E-state index in [1.807, 2.05) is 0 Å². The van der Waals surface area contributed by atoms with Crippen LogP contribution in [-0.2, 0) is 0 Å². The van der Waals surface area contributed by atoms with Crippen LogP contribution in [0.1, 0.15) is 13.8 Å². The van der Waals surface area contributed by atoms with Gasteiger partial charge in [0.25, 0.3) is 0 Å². The maximum Gasteiger partial charge on any atom is 0.168 e. The Kier molecular flexibility index (Phi) is 2.65. The van der Waals surface area contributed by atoms with Crippen molar-refractivity contribution in [3.63, 3.8) is 0 Å². The lowest BCUT2D eigenvalue weighted by atomic mass is 10.4. The van der Waals surface area contributed by atoms with Gasteiger partial charge in [0.05, 0.1) is 6.54 Å². The number of hydrogen-bond acceptors (Lipinski definition) is 3. The zero-order valence-electron chi connectivity index (χ0n) is 6.63. The molecule has 11 heavy (non-hydrogen) atoms. The van der Waals surface area contributed by atoms with Crippen molar-refractivity contribution in [2.45, 2.75) is 13.8 Å². The minimum atomic E-state index is 0. The predicted molar refractivity (Wildman–Crippen MR) is 55.3 cm³/mol. The molecule has 0 aromatic carbocycles. The van der Waals surface area contributed by atoms with Crippen molar-refractivity contribution in [3.05, 3.63) is 10.6 Å². The number of amidine groups is 1. The molecule has 2 aliphatic rings. The number of rotatable bonds is 0. The van der Waals surface area contributed by atoms with Crippen LogP contribution in [0, 0.1) is 0 Å². The molecule has 0 radical (unpaired) electrons. The highest BCUT2D eigenvalue weighted by atomic mass is 79.9. The van der Waals surface area contributed by atoms with Crippen molar-refractivity contribution in [2.24, 2.45) is 4.99 Å².